The van der Waals surface area contributed by atoms with Crippen LogP contribution in [0.3, 0.4) is 0 Å². The lowest BCUT2D eigenvalue weighted by molar-refractivity contribution is 0.646. The van der Waals surface area contributed by atoms with E-state index in [9.17, 15) is 0 Å². The van der Waals surface area contributed by atoms with Gasteiger partial charge in [0, 0.05) is 26.6 Å². The smallest absolute Gasteiger partial charge is 0.168 e. The number of fused-ring (bicyclic) bond motifs is 2. The Labute approximate surface area is 142 Å². The van der Waals surface area contributed by atoms with Crippen molar-refractivity contribution in [2.75, 3.05) is 19.3 Å². The number of hydrogen-bond acceptors (Lipinski definition) is 5. The molecule has 1 aromatic carbocycles. The summed E-state index contributed by atoms with van der Waals surface area (Å²) < 4.78 is 1.43. The third kappa shape index (κ3) is 1.99. The van der Waals surface area contributed by atoms with Gasteiger partial charge in [-0.3, -0.25) is 4.99 Å². The second-order valence-electron chi connectivity index (χ2n) is 5.92. The number of benzene rings is 1. The number of thiophene rings is 1. The van der Waals surface area contributed by atoms with Crippen LogP contribution in [-0.2, 0) is 0 Å². The van der Waals surface area contributed by atoms with Gasteiger partial charge in [-0.2, -0.15) is 0 Å². The van der Waals surface area contributed by atoms with E-state index < -0.39 is 0 Å². The van der Waals surface area contributed by atoms with E-state index in [0.717, 1.165) is 19.0 Å². The van der Waals surface area contributed by atoms with E-state index in [0.29, 0.717) is 0 Å². The molecule has 0 saturated heterocycles. The van der Waals surface area contributed by atoms with Crippen LogP contribution < -0.4 is 0 Å². The Balaban J connectivity index is 1.76. The fourth-order valence-electron chi connectivity index (χ4n) is 3.25. The molecule has 5 heteroatoms. The third-order valence-electron chi connectivity index (χ3n) is 4.47. The predicted molar refractivity (Wildman–Crippen MR) is 99.8 cm³/mol. The lowest BCUT2D eigenvalue weighted by atomic mass is 10.1. The monoisotopic (exact) mass is 344 g/mol. The van der Waals surface area contributed by atoms with Gasteiger partial charge in [0.15, 0.2) is 5.17 Å². The Morgan fingerprint density at radius 1 is 1.32 bits per heavy atom. The van der Waals surface area contributed by atoms with Crippen LogP contribution >= 0.6 is 34.9 Å². The molecule has 0 radical (unpaired) electrons. The molecular weight excluding hydrogens is 328 g/mol. The summed E-state index contributed by atoms with van der Waals surface area (Å²) in [5.74, 6) is 0.779. The second-order valence-corrected chi connectivity index (χ2v) is 8.72. The van der Waals surface area contributed by atoms with Gasteiger partial charge in [0.1, 0.15) is 0 Å². The second kappa shape index (κ2) is 5.05. The number of allylic oxidation sites excluding steroid dienone is 1. The van der Waals surface area contributed by atoms with Gasteiger partial charge in [0.2, 0.25) is 0 Å². The van der Waals surface area contributed by atoms with Crippen molar-refractivity contribution in [3.05, 3.63) is 34.0 Å². The molecule has 1 saturated carbocycles. The molecule has 2 nitrogen and oxygen atoms in total. The first-order chi connectivity index (χ1) is 10.8. The number of aliphatic imine (C=N–C) groups is 1. The molecule has 2 aromatic rings. The summed E-state index contributed by atoms with van der Waals surface area (Å²) in [5.41, 5.74) is 2.89. The lowest BCUT2D eigenvalue weighted by Crippen LogP contribution is -2.20. The molecule has 1 aromatic heterocycles. The highest BCUT2D eigenvalue weighted by atomic mass is 32.2. The maximum Gasteiger partial charge on any atom is 0.168 e. The first kappa shape index (κ1) is 13.5. The zero-order chi connectivity index (χ0) is 14.7. The zero-order valence-corrected chi connectivity index (χ0v) is 14.8. The quantitative estimate of drug-likeness (QED) is 0.719. The lowest BCUT2D eigenvalue weighted by Gasteiger charge is -2.19. The van der Waals surface area contributed by atoms with E-state index in [4.69, 9.17) is 4.99 Å². The third-order valence-corrected chi connectivity index (χ3v) is 7.42. The summed E-state index contributed by atoms with van der Waals surface area (Å²) in [6.07, 6.45) is 4.87. The molecule has 0 amide bonds. The van der Waals surface area contributed by atoms with Crippen molar-refractivity contribution in [1.82, 2.24) is 4.90 Å². The first-order valence-electron chi connectivity index (χ1n) is 7.65. The van der Waals surface area contributed by atoms with Crippen LogP contribution in [0.4, 0.5) is 0 Å². The summed E-state index contributed by atoms with van der Waals surface area (Å²) in [6.45, 7) is 1.99. The molecule has 5 rings (SSSR count). The van der Waals surface area contributed by atoms with Crippen molar-refractivity contribution in [2.45, 2.75) is 17.7 Å². The molecule has 0 N–H and O–H groups in total. The minimum Gasteiger partial charge on any atom is -0.318 e. The fourth-order valence-corrected chi connectivity index (χ4v) is 5.99. The summed E-state index contributed by atoms with van der Waals surface area (Å²) in [7, 11) is 0. The van der Waals surface area contributed by atoms with Gasteiger partial charge in [-0.1, -0.05) is 11.8 Å². The predicted octanol–water partition coefficient (Wildman–Crippen LogP) is 5.12. The molecule has 112 valence electrons. The van der Waals surface area contributed by atoms with Gasteiger partial charge >= 0.3 is 0 Å². The minimum absolute atomic E-state index is 0.779. The van der Waals surface area contributed by atoms with Gasteiger partial charge in [-0.15, -0.1) is 23.1 Å². The summed E-state index contributed by atoms with van der Waals surface area (Å²) in [4.78, 5) is 10.1. The molecule has 0 bridgehead atoms. The molecule has 3 aliphatic rings. The van der Waals surface area contributed by atoms with Crippen molar-refractivity contribution in [1.29, 1.82) is 0 Å². The summed E-state index contributed by atoms with van der Waals surface area (Å²) >= 11 is 5.64. The average Bonchev–Trinajstić information content (AvgIpc) is 2.97. The molecule has 0 atom stereocenters. The molecule has 3 heterocycles. The van der Waals surface area contributed by atoms with Crippen molar-refractivity contribution >= 4 is 55.8 Å². The Morgan fingerprint density at radius 2 is 2.23 bits per heavy atom. The van der Waals surface area contributed by atoms with Crippen molar-refractivity contribution in [3.8, 4) is 0 Å². The van der Waals surface area contributed by atoms with E-state index in [2.05, 4.69) is 34.7 Å². The number of thioether (sulfide) groups is 2. The average molecular weight is 345 g/mol. The molecule has 1 aliphatic carbocycles. The van der Waals surface area contributed by atoms with E-state index in [1.54, 1.807) is 4.91 Å². The molecule has 2 aliphatic heterocycles. The van der Waals surface area contributed by atoms with Crippen LogP contribution in [0.15, 0.2) is 38.4 Å². The standard InChI is InChI=1S/C17H16N2S3/c1-20-12-8-11-4-7-21-15(11)13(9-12)14-16(10-2-3-10)22-17-18-5-6-19(14)17/h4,7-10H,2-3,5-6H2,1H3. The van der Waals surface area contributed by atoms with E-state index in [1.807, 2.05) is 34.9 Å². The SMILES string of the molecule is CSc1cc(C2=C(C3CC3)SC3=NCCN32)c2sccc2c1. The number of amidine groups is 1. The molecule has 22 heavy (non-hydrogen) atoms. The van der Waals surface area contributed by atoms with Gasteiger partial charge in [0.25, 0.3) is 0 Å². The van der Waals surface area contributed by atoms with E-state index >= 15 is 0 Å². The molecule has 0 unspecified atom stereocenters. The summed E-state index contributed by atoms with van der Waals surface area (Å²) in [5, 5.41) is 4.83. The fraction of sp³-hybridized carbons (Fsp3) is 0.353. The molecule has 1 fully saturated rings. The number of rotatable bonds is 3. The van der Waals surface area contributed by atoms with Crippen molar-refractivity contribution in [3.63, 3.8) is 0 Å². The minimum atomic E-state index is 0.779. The largest absolute Gasteiger partial charge is 0.318 e. The van der Waals surface area contributed by atoms with Crippen LogP contribution in [-0.4, -0.2) is 29.4 Å². The van der Waals surface area contributed by atoms with Crippen molar-refractivity contribution in [2.24, 2.45) is 10.9 Å². The Kier molecular flexibility index (Phi) is 3.10. The van der Waals surface area contributed by atoms with Crippen LogP contribution in [0.1, 0.15) is 18.4 Å². The Hall–Kier alpha value is -0.910. The highest BCUT2D eigenvalue weighted by molar-refractivity contribution is 8.17. The Morgan fingerprint density at radius 3 is 3.05 bits per heavy atom. The normalized spacial score (nSPS) is 21.0. The maximum absolute atomic E-state index is 4.71. The number of nitrogens with zero attached hydrogens (tertiary/aromatic N) is 2. The number of hydrogen-bond donors (Lipinski definition) is 0. The highest BCUT2D eigenvalue weighted by Gasteiger charge is 2.40. The van der Waals surface area contributed by atoms with Crippen molar-refractivity contribution < 1.29 is 0 Å². The highest BCUT2D eigenvalue weighted by Crippen LogP contribution is 2.53. The van der Waals surface area contributed by atoms with Gasteiger partial charge in [-0.25, -0.2) is 0 Å². The van der Waals surface area contributed by atoms with Crippen LogP contribution in [0, 0.1) is 5.92 Å². The maximum atomic E-state index is 4.71. The van der Waals surface area contributed by atoms with Gasteiger partial charge in [-0.05, 0) is 54.0 Å². The van der Waals surface area contributed by atoms with Crippen LogP contribution in [0.2, 0.25) is 0 Å². The first-order valence-corrected chi connectivity index (χ1v) is 10.6. The van der Waals surface area contributed by atoms with Gasteiger partial charge < -0.3 is 4.90 Å². The van der Waals surface area contributed by atoms with E-state index in [-0.39, 0.29) is 0 Å². The van der Waals surface area contributed by atoms with Crippen LogP contribution in [0.25, 0.3) is 15.8 Å². The molecule has 0 spiro atoms. The Bertz CT molecular complexity index is 830. The van der Waals surface area contributed by atoms with Crippen LogP contribution in [0.5, 0.6) is 0 Å². The topological polar surface area (TPSA) is 15.6 Å². The van der Waals surface area contributed by atoms with E-state index in [1.165, 1.54) is 44.3 Å². The summed E-state index contributed by atoms with van der Waals surface area (Å²) in [6, 6.07) is 6.96. The van der Waals surface area contributed by atoms with Gasteiger partial charge in [0.05, 0.1) is 12.2 Å². The molecular formula is C17H16N2S3. The zero-order valence-electron chi connectivity index (χ0n) is 12.3.